The second-order valence-electron chi connectivity index (χ2n) is 7.69. The number of imidazole rings is 1. The number of rotatable bonds is 9. The summed E-state index contributed by atoms with van der Waals surface area (Å²) in [6.07, 6.45) is 4.47. The Morgan fingerprint density at radius 3 is 2.56 bits per heavy atom. The van der Waals surface area contributed by atoms with Crippen LogP contribution in [0.15, 0.2) is 41.8 Å². The maximum Gasteiger partial charge on any atom is 0.340 e. The van der Waals surface area contributed by atoms with Crippen molar-refractivity contribution < 1.29 is 28.7 Å². The number of esters is 2. The minimum atomic E-state index is -0.706. The van der Waals surface area contributed by atoms with Crippen molar-refractivity contribution >= 4 is 41.2 Å². The van der Waals surface area contributed by atoms with Crippen LogP contribution in [0.2, 0.25) is 0 Å². The van der Waals surface area contributed by atoms with Gasteiger partial charge in [-0.2, -0.15) is 0 Å². The molecule has 34 heavy (non-hydrogen) atoms. The Morgan fingerprint density at radius 1 is 1.15 bits per heavy atom. The second-order valence-corrected chi connectivity index (χ2v) is 8.63. The fourth-order valence-electron chi connectivity index (χ4n) is 3.50. The summed E-state index contributed by atoms with van der Waals surface area (Å²) in [4.78, 5) is 55.0. The molecular weight excluding hydrogens is 460 g/mol. The van der Waals surface area contributed by atoms with Crippen molar-refractivity contribution in [1.82, 2.24) is 14.5 Å². The van der Waals surface area contributed by atoms with Crippen LogP contribution in [-0.2, 0) is 30.9 Å². The summed E-state index contributed by atoms with van der Waals surface area (Å²) in [6.45, 7) is 2.48. The Balaban J connectivity index is 1.48. The van der Waals surface area contributed by atoms with Crippen LogP contribution in [0.5, 0.6) is 0 Å². The Hall–Kier alpha value is -3.34. The highest BCUT2D eigenvalue weighted by Crippen LogP contribution is 2.20. The maximum atomic E-state index is 12.6. The largest absolute Gasteiger partial charge is 0.466 e. The molecule has 2 heterocycles. The SMILES string of the molecule is CCOC(=O)C1CCN(C(=O)COC(=O)c2ccccc2NC(=O)CSc2nccn2C)CC1. The van der Waals surface area contributed by atoms with Crippen molar-refractivity contribution in [1.29, 1.82) is 0 Å². The highest BCUT2D eigenvalue weighted by atomic mass is 32.2. The minimum Gasteiger partial charge on any atom is -0.466 e. The summed E-state index contributed by atoms with van der Waals surface area (Å²) in [7, 11) is 1.84. The van der Waals surface area contributed by atoms with Gasteiger partial charge in [-0.05, 0) is 31.9 Å². The summed E-state index contributed by atoms with van der Waals surface area (Å²) in [5, 5.41) is 3.41. The van der Waals surface area contributed by atoms with Gasteiger partial charge in [0.25, 0.3) is 5.91 Å². The zero-order valence-electron chi connectivity index (χ0n) is 19.2. The van der Waals surface area contributed by atoms with Gasteiger partial charge in [0.2, 0.25) is 5.91 Å². The number of aryl methyl sites for hydroxylation is 1. The molecule has 0 atom stereocenters. The molecule has 0 bridgehead atoms. The smallest absolute Gasteiger partial charge is 0.340 e. The maximum absolute atomic E-state index is 12.6. The average molecular weight is 489 g/mol. The van der Waals surface area contributed by atoms with Gasteiger partial charge in [0.1, 0.15) is 0 Å². The number of aromatic nitrogens is 2. The fraction of sp³-hybridized carbons (Fsp3) is 0.435. The van der Waals surface area contributed by atoms with Gasteiger partial charge in [-0.15, -0.1) is 0 Å². The molecular formula is C23H28N4O6S. The average Bonchev–Trinajstić information content (AvgIpc) is 3.26. The fourth-order valence-corrected chi connectivity index (χ4v) is 4.23. The van der Waals surface area contributed by atoms with Crippen molar-refractivity contribution in [2.45, 2.75) is 24.9 Å². The highest BCUT2D eigenvalue weighted by molar-refractivity contribution is 7.99. The van der Waals surface area contributed by atoms with Gasteiger partial charge in [0, 0.05) is 32.5 Å². The summed E-state index contributed by atoms with van der Waals surface area (Å²) >= 11 is 1.27. The van der Waals surface area contributed by atoms with Gasteiger partial charge < -0.3 is 24.3 Å². The molecule has 0 saturated carbocycles. The van der Waals surface area contributed by atoms with Crippen LogP contribution >= 0.6 is 11.8 Å². The van der Waals surface area contributed by atoms with Gasteiger partial charge in [0.15, 0.2) is 11.8 Å². The predicted octanol–water partition coefficient (Wildman–Crippen LogP) is 2.11. The Labute approximate surface area is 202 Å². The zero-order valence-corrected chi connectivity index (χ0v) is 20.0. The number of nitrogens with zero attached hydrogens (tertiary/aromatic N) is 3. The number of benzene rings is 1. The lowest BCUT2D eigenvalue weighted by atomic mass is 9.97. The van der Waals surface area contributed by atoms with E-state index < -0.39 is 12.6 Å². The van der Waals surface area contributed by atoms with E-state index in [-0.39, 0.29) is 35.0 Å². The molecule has 1 aromatic carbocycles. The van der Waals surface area contributed by atoms with Gasteiger partial charge in [-0.25, -0.2) is 9.78 Å². The molecule has 2 aromatic rings. The molecule has 182 valence electrons. The molecule has 10 nitrogen and oxygen atoms in total. The van der Waals surface area contributed by atoms with Gasteiger partial charge >= 0.3 is 11.9 Å². The first-order valence-corrected chi connectivity index (χ1v) is 12.0. The number of carbonyl (C=O) groups excluding carboxylic acids is 4. The molecule has 1 aliphatic rings. The molecule has 1 fully saturated rings. The number of piperidine rings is 1. The molecule has 1 aliphatic heterocycles. The lowest BCUT2D eigenvalue weighted by molar-refractivity contribution is -0.151. The van der Waals surface area contributed by atoms with Crippen molar-refractivity contribution in [3.63, 3.8) is 0 Å². The number of amides is 2. The van der Waals surface area contributed by atoms with Gasteiger partial charge in [-0.3, -0.25) is 14.4 Å². The number of nitrogens with one attached hydrogen (secondary N) is 1. The van der Waals surface area contributed by atoms with E-state index in [4.69, 9.17) is 9.47 Å². The third-order valence-corrected chi connectivity index (χ3v) is 6.38. The van der Waals surface area contributed by atoms with Crippen LogP contribution in [0.4, 0.5) is 5.69 Å². The quantitative estimate of drug-likeness (QED) is 0.421. The van der Waals surface area contributed by atoms with Crippen LogP contribution in [0.3, 0.4) is 0 Å². The van der Waals surface area contributed by atoms with E-state index in [2.05, 4.69) is 10.3 Å². The molecule has 11 heteroatoms. The zero-order chi connectivity index (χ0) is 24.5. The van der Waals surface area contributed by atoms with Crippen LogP contribution in [-0.4, -0.2) is 70.3 Å². The number of thioether (sulfide) groups is 1. The third-order valence-electron chi connectivity index (χ3n) is 5.32. The van der Waals surface area contributed by atoms with Crippen molar-refractivity contribution in [2.24, 2.45) is 13.0 Å². The number of carbonyl (C=O) groups is 4. The molecule has 0 unspecified atom stereocenters. The predicted molar refractivity (Wildman–Crippen MR) is 125 cm³/mol. The number of para-hydroxylation sites is 1. The van der Waals surface area contributed by atoms with E-state index in [1.165, 1.54) is 17.8 Å². The van der Waals surface area contributed by atoms with Crippen LogP contribution in [0.1, 0.15) is 30.1 Å². The topological polar surface area (TPSA) is 120 Å². The van der Waals surface area contributed by atoms with Crippen LogP contribution in [0.25, 0.3) is 0 Å². The molecule has 1 aromatic heterocycles. The highest BCUT2D eigenvalue weighted by Gasteiger charge is 2.28. The normalized spacial score (nSPS) is 13.9. The summed E-state index contributed by atoms with van der Waals surface area (Å²) in [5.41, 5.74) is 0.465. The van der Waals surface area contributed by atoms with E-state index >= 15 is 0 Å². The number of anilines is 1. The lowest BCUT2D eigenvalue weighted by Gasteiger charge is -2.30. The molecule has 0 aliphatic carbocycles. The molecule has 1 saturated heterocycles. The van der Waals surface area contributed by atoms with Crippen LogP contribution < -0.4 is 5.32 Å². The van der Waals surface area contributed by atoms with E-state index in [9.17, 15) is 19.2 Å². The number of hydrogen-bond acceptors (Lipinski definition) is 8. The molecule has 0 spiro atoms. The molecule has 3 rings (SSSR count). The number of ether oxygens (including phenoxy) is 2. The number of likely N-dealkylation sites (tertiary alicyclic amines) is 1. The molecule has 0 radical (unpaired) electrons. The summed E-state index contributed by atoms with van der Waals surface area (Å²) in [5.74, 6) is -1.66. The third kappa shape index (κ3) is 6.83. The first kappa shape index (κ1) is 25.3. The van der Waals surface area contributed by atoms with E-state index in [0.717, 1.165) is 0 Å². The first-order valence-electron chi connectivity index (χ1n) is 11.0. The van der Waals surface area contributed by atoms with Gasteiger partial charge in [0.05, 0.1) is 29.5 Å². The monoisotopic (exact) mass is 488 g/mol. The van der Waals surface area contributed by atoms with Crippen molar-refractivity contribution in [3.05, 3.63) is 42.2 Å². The standard InChI is InChI=1S/C23H28N4O6S/c1-3-32-21(30)16-8-11-27(12-9-16)20(29)14-33-22(31)17-6-4-5-7-18(17)25-19(28)15-34-23-24-10-13-26(23)2/h4-7,10,13,16H,3,8-9,11-12,14-15H2,1-2H3,(H,25,28). The van der Waals surface area contributed by atoms with E-state index in [0.29, 0.717) is 43.4 Å². The van der Waals surface area contributed by atoms with Crippen molar-refractivity contribution in [2.75, 3.05) is 37.4 Å². The Kier molecular flexibility index (Phi) is 9.08. The second kappa shape index (κ2) is 12.2. The van der Waals surface area contributed by atoms with Crippen LogP contribution in [0, 0.1) is 5.92 Å². The summed E-state index contributed by atoms with van der Waals surface area (Å²) < 4.78 is 12.1. The molecule has 2 amide bonds. The van der Waals surface area contributed by atoms with Gasteiger partial charge in [-0.1, -0.05) is 23.9 Å². The van der Waals surface area contributed by atoms with Crippen molar-refractivity contribution in [3.8, 4) is 0 Å². The molecule has 1 N–H and O–H groups in total. The Morgan fingerprint density at radius 2 is 1.88 bits per heavy atom. The Bertz CT molecular complexity index is 1030. The van der Waals surface area contributed by atoms with E-state index in [1.54, 1.807) is 47.0 Å². The van der Waals surface area contributed by atoms with E-state index in [1.807, 2.05) is 7.05 Å². The summed E-state index contributed by atoms with van der Waals surface area (Å²) in [6, 6.07) is 6.47. The lowest BCUT2D eigenvalue weighted by Crippen LogP contribution is -2.42. The minimum absolute atomic E-state index is 0.120. The first-order chi connectivity index (χ1) is 16.4. The number of hydrogen-bond donors (Lipinski definition) is 1.